The summed E-state index contributed by atoms with van der Waals surface area (Å²) in [7, 11) is 0. The van der Waals surface area contributed by atoms with E-state index in [2.05, 4.69) is 4.98 Å². The van der Waals surface area contributed by atoms with Crippen LogP contribution in [0.3, 0.4) is 0 Å². The Morgan fingerprint density at radius 1 is 1.18 bits per heavy atom. The molecule has 0 aromatic carbocycles. The van der Waals surface area contributed by atoms with Crippen molar-refractivity contribution in [1.82, 2.24) is 4.98 Å². The third-order valence-electron chi connectivity index (χ3n) is 1.40. The van der Waals surface area contributed by atoms with E-state index in [1.54, 1.807) is 12.1 Å². The molecule has 0 fully saturated rings. The molecule has 0 amide bonds. The molecule has 1 rings (SSSR count). The van der Waals surface area contributed by atoms with Crippen molar-refractivity contribution < 1.29 is 10.2 Å². The molecule has 0 spiro atoms. The lowest BCUT2D eigenvalue weighted by molar-refractivity contribution is -0.0426. The molecule has 60 valence electrons. The molecular formula is C8H11NO2. The maximum Gasteiger partial charge on any atom is 0.178 e. The van der Waals surface area contributed by atoms with Crippen molar-refractivity contribution in [1.29, 1.82) is 0 Å². The van der Waals surface area contributed by atoms with Crippen LogP contribution in [0.5, 0.6) is 0 Å². The molecule has 1 aromatic heterocycles. The third-order valence-corrected chi connectivity index (χ3v) is 1.40. The summed E-state index contributed by atoms with van der Waals surface area (Å²) >= 11 is 0. The van der Waals surface area contributed by atoms with Crippen LogP contribution in [0.4, 0.5) is 0 Å². The summed E-state index contributed by atoms with van der Waals surface area (Å²) in [5.41, 5.74) is 2.09. The van der Waals surface area contributed by atoms with Crippen LogP contribution >= 0.6 is 0 Å². The summed E-state index contributed by atoms with van der Waals surface area (Å²) in [5, 5.41) is 17.6. The summed E-state index contributed by atoms with van der Waals surface area (Å²) in [6.45, 7) is 3.64. The molecular weight excluding hydrogens is 142 g/mol. The van der Waals surface area contributed by atoms with Crippen molar-refractivity contribution >= 4 is 0 Å². The van der Waals surface area contributed by atoms with Crippen LogP contribution in [0, 0.1) is 13.8 Å². The van der Waals surface area contributed by atoms with E-state index in [-0.39, 0.29) is 0 Å². The first kappa shape index (κ1) is 8.17. The smallest absolute Gasteiger partial charge is 0.178 e. The summed E-state index contributed by atoms with van der Waals surface area (Å²) < 4.78 is 0. The minimum atomic E-state index is -1.39. The fourth-order valence-corrected chi connectivity index (χ4v) is 1.02. The molecule has 0 unspecified atom stereocenters. The molecule has 1 heterocycles. The highest BCUT2D eigenvalue weighted by molar-refractivity contribution is 5.20. The van der Waals surface area contributed by atoms with Gasteiger partial charge < -0.3 is 10.2 Å². The van der Waals surface area contributed by atoms with Gasteiger partial charge in [0.1, 0.15) is 0 Å². The Hall–Kier alpha value is -0.930. The van der Waals surface area contributed by atoms with E-state index in [1.807, 2.05) is 13.8 Å². The van der Waals surface area contributed by atoms with Gasteiger partial charge >= 0.3 is 0 Å². The number of pyridine rings is 1. The monoisotopic (exact) mass is 153 g/mol. The number of hydrogen-bond donors (Lipinski definition) is 2. The number of aryl methyl sites for hydroxylation is 2. The van der Waals surface area contributed by atoms with Crippen molar-refractivity contribution in [3.8, 4) is 0 Å². The minimum absolute atomic E-state index is 0.495. The zero-order valence-electron chi connectivity index (χ0n) is 6.57. The average molecular weight is 153 g/mol. The molecule has 0 aliphatic rings. The molecule has 0 aliphatic carbocycles. The van der Waals surface area contributed by atoms with Gasteiger partial charge in [-0.3, -0.25) is 4.98 Å². The molecule has 3 nitrogen and oxygen atoms in total. The van der Waals surface area contributed by atoms with E-state index in [0.29, 0.717) is 5.56 Å². The van der Waals surface area contributed by atoms with Gasteiger partial charge in [-0.05, 0) is 26.0 Å². The second-order valence-corrected chi connectivity index (χ2v) is 2.56. The maximum absolute atomic E-state index is 8.80. The maximum atomic E-state index is 8.80. The lowest BCUT2D eigenvalue weighted by atomic mass is 10.2. The highest BCUT2D eigenvalue weighted by atomic mass is 16.5. The van der Waals surface area contributed by atoms with Crippen molar-refractivity contribution in [3.63, 3.8) is 0 Å². The number of hydrogen-bond acceptors (Lipinski definition) is 3. The second-order valence-electron chi connectivity index (χ2n) is 2.56. The minimum Gasteiger partial charge on any atom is -0.364 e. The van der Waals surface area contributed by atoms with Gasteiger partial charge in [-0.2, -0.15) is 0 Å². The van der Waals surface area contributed by atoms with E-state index in [9.17, 15) is 0 Å². The zero-order chi connectivity index (χ0) is 8.43. The number of nitrogens with zero attached hydrogens (tertiary/aromatic N) is 1. The Bertz CT molecular complexity index is 238. The molecule has 0 atom stereocenters. The van der Waals surface area contributed by atoms with Gasteiger partial charge in [0.25, 0.3) is 0 Å². The van der Waals surface area contributed by atoms with Crippen LogP contribution in [0.15, 0.2) is 12.1 Å². The first-order chi connectivity index (χ1) is 5.09. The Balaban J connectivity index is 3.08. The zero-order valence-corrected chi connectivity index (χ0v) is 6.57. The molecule has 0 saturated heterocycles. The topological polar surface area (TPSA) is 53.4 Å². The van der Waals surface area contributed by atoms with Crippen LogP contribution in [-0.2, 0) is 0 Å². The first-order valence-electron chi connectivity index (χ1n) is 3.41. The molecule has 2 N–H and O–H groups in total. The number of aliphatic hydroxyl groups is 2. The molecule has 0 saturated carbocycles. The molecule has 0 bridgehead atoms. The van der Waals surface area contributed by atoms with Crippen molar-refractivity contribution in [3.05, 3.63) is 29.1 Å². The fraction of sp³-hybridized carbons (Fsp3) is 0.375. The van der Waals surface area contributed by atoms with E-state index < -0.39 is 6.29 Å². The third kappa shape index (κ3) is 2.00. The van der Waals surface area contributed by atoms with Gasteiger partial charge in [0.15, 0.2) is 6.29 Å². The van der Waals surface area contributed by atoms with E-state index in [1.165, 1.54) is 0 Å². The van der Waals surface area contributed by atoms with E-state index in [0.717, 1.165) is 11.4 Å². The van der Waals surface area contributed by atoms with Crippen LogP contribution < -0.4 is 0 Å². The Morgan fingerprint density at radius 2 is 1.64 bits per heavy atom. The largest absolute Gasteiger partial charge is 0.364 e. The predicted molar refractivity (Wildman–Crippen MR) is 40.9 cm³/mol. The van der Waals surface area contributed by atoms with E-state index >= 15 is 0 Å². The molecule has 11 heavy (non-hydrogen) atoms. The van der Waals surface area contributed by atoms with Crippen molar-refractivity contribution in [2.75, 3.05) is 0 Å². The van der Waals surface area contributed by atoms with E-state index in [4.69, 9.17) is 10.2 Å². The van der Waals surface area contributed by atoms with Crippen LogP contribution in [0.1, 0.15) is 23.2 Å². The van der Waals surface area contributed by atoms with Crippen molar-refractivity contribution in [2.24, 2.45) is 0 Å². The number of aliphatic hydroxyl groups excluding tert-OH is 1. The Morgan fingerprint density at radius 3 is 2.00 bits per heavy atom. The predicted octanol–water partition coefficient (Wildman–Crippen LogP) is 0.682. The normalized spacial score (nSPS) is 10.6. The molecule has 0 radical (unpaired) electrons. The highest BCUT2D eigenvalue weighted by Gasteiger charge is 2.03. The second kappa shape index (κ2) is 2.98. The summed E-state index contributed by atoms with van der Waals surface area (Å²) in [5.74, 6) is 0. The van der Waals surface area contributed by atoms with Crippen molar-refractivity contribution in [2.45, 2.75) is 20.1 Å². The van der Waals surface area contributed by atoms with Gasteiger partial charge in [-0.1, -0.05) is 0 Å². The van der Waals surface area contributed by atoms with Gasteiger partial charge in [-0.25, -0.2) is 0 Å². The Kier molecular flexibility index (Phi) is 2.22. The molecule has 3 heteroatoms. The van der Waals surface area contributed by atoms with Gasteiger partial charge in [0, 0.05) is 17.0 Å². The van der Waals surface area contributed by atoms with Crippen LogP contribution in [-0.4, -0.2) is 15.2 Å². The molecule has 1 aromatic rings. The quantitative estimate of drug-likeness (QED) is 0.583. The number of rotatable bonds is 1. The highest BCUT2D eigenvalue weighted by Crippen LogP contribution is 2.11. The van der Waals surface area contributed by atoms with Crippen LogP contribution in [0.25, 0.3) is 0 Å². The SMILES string of the molecule is Cc1cc(C(O)O)cc(C)n1. The first-order valence-corrected chi connectivity index (χ1v) is 3.41. The number of aromatic nitrogens is 1. The summed E-state index contributed by atoms with van der Waals surface area (Å²) in [6, 6.07) is 3.30. The van der Waals surface area contributed by atoms with Gasteiger partial charge in [0.2, 0.25) is 0 Å². The lowest BCUT2D eigenvalue weighted by Crippen LogP contribution is -1.97. The van der Waals surface area contributed by atoms with Gasteiger partial charge in [0.05, 0.1) is 0 Å². The van der Waals surface area contributed by atoms with Crippen LogP contribution in [0.2, 0.25) is 0 Å². The summed E-state index contributed by atoms with van der Waals surface area (Å²) in [4.78, 5) is 4.09. The standard InChI is InChI=1S/C8H11NO2/c1-5-3-7(8(10)11)4-6(2)9-5/h3-4,8,10-11H,1-2H3. The lowest BCUT2D eigenvalue weighted by Gasteiger charge is -2.04. The fourth-order valence-electron chi connectivity index (χ4n) is 1.02. The Labute approximate surface area is 65.3 Å². The molecule has 0 aliphatic heterocycles. The average Bonchev–Trinajstić information content (AvgIpc) is 1.85. The summed E-state index contributed by atoms with van der Waals surface area (Å²) in [6.07, 6.45) is -1.39. The van der Waals surface area contributed by atoms with Gasteiger partial charge in [-0.15, -0.1) is 0 Å².